The van der Waals surface area contributed by atoms with Gasteiger partial charge in [-0.1, -0.05) is 6.07 Å². The van der Waals surface area contributed by atoms with Crippen molar-refractivity contribution in [3.8, 4) is 5.75 Å². The summed E-state index contributed by atoms with van der Waals surface area (Å²) in [6, 6.07) is 12.5. The van der Waals surface area contributed by atoms with Gasteiger partial charge in [-0.2, -0.15) is 4.57 Å². The van der Waals surface area contributed by atoms with Gasteiger partial charge in [-0.3, -0.25) is 19.1 Å². The van der Waals surface area contributed by atoms with Crippen molar-refractivity contribution in [1.82, 2.24) is 19.1 Å². The van der Waals surface area contributed by atoms with Crippen molar-refractivity contribution >= 4 is 16.9 Å². The van der Waals surface area contributed by atoms with Crippen LogP contribution in [-0.2, 0) is 20.1 Å². The highest BCUT2D eigenvalue weighted by Crippen LogP contribution is 2.15. The minimum absolute atomic E-state index is 0.0914. The fourth-order valence-corrected chi connectivity index (χ4v) is 3.47. The van der Waals surface area contributed by atoms with E-state index in [-0.39, 0.29) is 23.5 Å². The number of nitrogens with zero attached hydrogens (tertiary/aromatic N) is 4. The van der Waals surface area contributed by atoms with Crippen molar-refractivity contribution in [1.29, 1.82) is 0 Å². The van der Waals surface area contributed by atoms with Gasteiger partial charge >= 0.3 is 5.69 Å². The topological polar surface area (TPSA) is 103 Å². The molecule has 0 aliphatic rings. The van der Waals surface area contributed by atoms with Gasteiger partial charge in [0.1, 0.15) is 5.75 Å². The van der Waals surface area contributed by atoms with E-state index in [4.69, 9.17) is 4.74 Å². The number of carbonyl (C=O) groups excluding carboxylic acids is 1. The lowest BCUT2D eigenvalue weighted by Gasteiger charge is -2.08. The molecular formula is C22H22N5O4+. The number of H-pyrrole nitrogens is 1. The normalized spacial score (nSPS) is 11.1. The largest absolute Gasteiger partial charge is 0.497 e. The Morgan fingerprint density at radius 1 is 1.16 bits per heavy atom. The number of carbonyl (C=O) groups is 1. The molecule has 0 amide bonds. The number of hydrogen-bond donors (Lipinski definition) is 1. The van der Waals surface area contributed by atoms with E-state index in [0.29, 0.717) is 23.7 Å². The van der Waals surface area contributed by atoms with Gasteiger partial charge in [-0.15, -0.1) is 0 Å². The summed E-state index contributed by atoms with van der Waals surface area (Å²) < 4.78 is 9.96. The minimum Gasteiger partial charge on any atom is -0.497 e. The Bertz CT molecular complexity index is 1400. The van der Waals surface area contributed by atoms with Crippen LogP contribution in [0.3, 0.4) is 0 Å². The number of aryl methyl sites for hydroxylation is 2. The predicted octanol–water partition coefficient (Wildman–Crippen LogP) is 0.959. The Labute approximate surface area is 177 Å². The Kier molecular flexibility index (Phi) is 5.24. The van der Waals surface area contributed by atoms with Gasteiger partial charge in [0.2, 0.25) is 6.54 Å². The summed E-state index contributed by atoms with van der Waals surface area (Å²) in [6.07, 6.45) is 1.90. The molecule has 0 aliphatic carbocycles. The maximum atomic E-state index is 13.0. The van der Waals surface area contributed by atoms with Crippen LogP contribution in [0, 0.1) is 6.92 Å². The van der Waals surface area contributed by atoms with E-state index >= 15 is 0 Å². The van der Waals surface area contributed by atoms with E-state index in [2.05, 4.69) is 9.97 Å². The number of ketones is 1. The second-order valence-electron chi connectivity index (χ2n) is 7.23. The van der Waals surface area contributed by atoms with E-state index in [1.807, 2.05) is 35.9 Å². The molecule has 1 N–H and O–H groups in total. The van der Waals surface area contributed by atoms with Crippen LogP contribution in [0.15, 0.2) is 58.3 Å². The van der Waals surface area contributed by atoms with E-state index in [1.165, 1.54) is 11.6 Å². The summed E-state index contributed by atoms with van der Waals surface area (Å²) in [7, 11) is 3.09. The van der Waals surface area contributed by atoms with Crippen LogP contribution in [0.4, 0.5) is 0 Å². The van der Waals surface area contributed by atoms with Crippen LogP contribution in [0.1, 0.15) is 21.9 Å². The van der Waals surface area contributed by atoms with Gasteiger partial charge in [0.15, 0.2) is 34.7 Å². The first kappa shape index (κ1) is 20.3. The quantitative estimate of drug-likeness (QED) is 0.370. The molecule has 9 heteroatoms. The third kappa shape index (κ3) is 3.77. The average Bonchev–Trinajstić information content (AvgIpc) is 3.12. The smallest absolute Gasteiger partial charge is 0.329 e. The number of Topliss-reactive ketones (excluding diaryl/α,β-unsaturated/α-hetero) is 1. The third-order valence-electron chi connectivity index (χ3n) is 5.28. The number of ether oxygens (including phenoxy) is 1. The molecule has 3 heterocycles. The summed E-state index contributed by atoms with van der Waals surface area (Å²) in [5, 5.41) is 0. The number of hydrogen-bond acceptors (Lipinski definition) is 5. The van der Waals surface area contributed by atoms with Crippen molar-refractivity contribution in [3.05, 3.63) is 86.6 Å². The average molecular weight is 420 g/mol. The highest BCUT2D eigenvalue weighted by atomic mass is 16.5. The maximum Gasteiger partial charge on any atom is 0.329 e. The minimum atomic E-state index is -0.575. The first-order valence-electron chi connectivity index (χ1n) is 9.70. The number of benzene rings is 1. The molecule has 0 saturated heterocycles. The number of fused-ring (bicyclic) bond motifs is 1. The van der Waals surface area contributed by atoms with Crippen LogP contribution in [-0.4, -0.2) is 32.0 Å². The van der Waals surface area contributed by atoms with Gasteiger partial charge in [0.05, 0.1) is 13.7 Å². The first-order chi connectivity index (χ1) is 14.9. The lowest BCUT2D eigenvalue weighted by Crippen LogP contribution is -2.38. The summed E-state index contributed by atoms with van der Waals surface area (Å²) in [5.41, 5.74) is 0.769. The van der Waals surface area contributed by atoms with Gasteiger partial charge in [-0.05, 0) is 24.3 Å². The zero-order valence-electron chi connectivity index (χ0n) is 17.5. The molecule has 0 unspecified atom stereocenters. The Balaban J connectivity index is 1.84. The molecule has 9 nitrogen and oxygen atoms in total. The van der Waals surface area contributed by atoms with Crippen LogP contribution < -0.4 is 20.6 Å². The summed E-state index contributed by atoms with van der Waals surface area (Å²) in [5.74, 6) is 0.960. The molecule has 1 aromatic carbocycles. The third-order valence-corrected chi connectivity index (χ3v) is 5.28. The van der Waals surface area contributed by atoms with Crippen LogP contribution in [0.2, 0.25) is 0 Å². The van der Waals surface area contributed by atoms with Crippen molar-refractivity contribution in [2.75, 3.05) is 7.11 Å². The molecule has 0 fully saturated rings. The highest BCUT2D eigenvalue weighted by molar-refractivity contribution is 5.96. The van der Waals surface area contributed by atoms with Crippen molar-refractivity contribution in [2.45, 2.75) is 20.0 Å². The zero-order valence-corrected chi connectivity index (χ0v) is 17.5. The summed E-state index contributed by atoms with van der Waals surface area (Å²) >= 11 is 0. The number of aromatic amines is 1. The Morgan fingerprint density at radius 2 is 1.90 bits per heavy atom. The number of imidazole rings is 1. The standard InChI is InChI=1S/C22H21N5O4/c1-14-6-4-5-11-26(14)13-18-23-20-19(21(29)24-22(30)25(20)2)27(18)12-17(28)15-7-9-16(31-3)10-8-15/h4-11H,12-13H2,1-3H3/p+1. The van der Waals surface area contributed by atoms with Gasteiger partial charge in [-0.25, -0.2) is 9.78 Å². The molecule has 0 atom stereocenters. The molecule has 4 aromatic rings. The number of aromatic nitrogens is 5. The number of methoxy groups -OCH3 is 1. The van der Waals surface area contributed by atoms with Gasteiger partial charge in [0, 0.05) is 31.7 Å². The van der Waals surface area contributed by atoms with Crippen molar-refractivity contribution < 1.29 is 14.1 Å². The Hall–Kier alpha value is -4.01. The Morgan fingerprint density at radius 3 is 2.58 bits per heavy atom. The number of rotatable bonds is 6. The second kappa shape index (κ2) is 8.02. The SMILES string of the molecule is COc1ccc(C(=O)Cn2c(C[n+]3ccccc3C)nc3c2c(=O)[nH]c(=O)n3C)cc1. The molecule has 0 bridgehead atoms. The number of nitrogens with one attached hydrogen (secondary N) is 1. The molecule has 158 valence electrons. The zero-order chi connectivity index (χ0) is 22.1. The summed E-state index contributed by atoms with van der Waals surface area (Å²) in [4.78, 5) is 44.6. The highest BCUT2D eigenvalue weighted by Gasteiger charge is 2.22. The molecule has 0 saturated carbocycles. The van der Waals surface area contributed by atoms with Gasteiger partial charge < -0.3 is 9.30 Å². The molecular weight excluding hydrogens is 398 g/mol. The van der Waals surface area contributed by atoms with Crippen molar-refractivity contribution in [2.24, 2.45) is 7.05 Å². The molecule has 0 radical (unpaired) electrons. The lowest BCUT2D eigenvalue weighted by atomic mass is 10.1. The molecule has 0 spiro atoms. The lowest BCUT2D eigenvalue weighted by molar-refractivity contribution is -0.695. The van der Waals surface area contributed by atoms with E-state index in [9.17, 15) is 14.4 Å². The van der Waals surface area contributed by atoms with E-state index < -0.39 is 11.2 Å². The fraction of sp³-hybridized carbons (Fsp3) is 0.227. The fourth-order valence-electron chi connectivity index (χ4n) is 3.47. The van der Waals surface area contributed by atoms with Gasteiger partial charge in [0.25, 0.3) is 5.56 Å². The number of pyridine rings is 1. The summed E-state index contributed by atoms with van der Waals surface area (Å²) in [6.45, 7) is 2.20. The monoisotopic (exact) mass is 420 g/mol. The first-order valence-corrected chi connectivity index (χ1v) is 9.70. The molecule has 0 aliphatic heterocycles. The second-order valence-corrected chi connectivity index (χ2v) is 7.23. The predicted molar refractivity (Wildman–Crippen MR) is 113 cm³/mol. The van der Waals surface area contributed by atoms with Crippen molar-refractivity contribution in [3.63, 3.8) is 0 Å². The van der Waals surface area contributed by atoms with Crippen LogP contribution in [0.25, 0.3) is 11.2 Å². The van der Waals surface area contributed by atoms with Crippen LogP contribution in [0.5, 0.6) is 5.75 Å². The maximum absolute atomic E-state index is 13.0. The molecule has 31 heavy (non-hydrogen) atoms. The van der Waals surface area contributed by atoms with E-state index in [1.54, 1.807) is 35.9 Å². The molecule has 4 rings (SSSR count). The molecule has 3 aromatic heterocycles. The van der Waals surface area contributed by atoms with Crippen LogP contribution >= 0.6 is 0 Å². The van der Waals surface area contributed by atoms with E-state index in [0.717, 1.165) is 5.69 Å².